The Labute approximate surface area is 146 Å². The van der Waals surface area contributed by atoms with Crippen LogP contribution in [0.25, 0.3) is 22.0 Å². The van der Waals surface area contributed by atoms with Gasteiger partial charge in [0, 0.05) is 19.5 Å². The number of fused-ring (bicyclic) bond motifs is 2. The lowest BCUT2D eigenvalue weighted by atomic mass is 10.2. The van der Waals surface area contributed by atoms with Crippen molar-refractivity contribution in [3.05, 3.63) is 69.2 Å². The first-order chi connectivity index (χ1) is 12.5. The zero-order valence-electron chi connectivity index (χ0n) is 14.0. The van der Waals surface area contributed by atoms with Gasteiger partial charge < -0.3 is 9.73 Å². The molecule has 0 aliphatic rings. The van der Waals surface area contributed by atoms with Crippen LogP contribution in [0.2, 0.25) is 0 Å². The number of hydrogen-bond donors (Lipinski definition) is 1. The summed E-state index contributed by atoms with van der Waals surface area (Å²) in [5.74, 6) is -0.302. The Morgan fingerprint density at radius 3 is 2.65 bits per heavy atom. The third kappa shape index (κ3) is 2.39. The van der Waals surface area contributed by atoms with Gasteiger partial charge in [-0.1, -0.05) is 18.2 Å². The topological polar surface area (TPSA) is 99.1 Å². The van der Waals surface area contributed by atoms with Crippen LogP contribution >= 0.6 is 0 Å². The number of nitrogens with one attached hydrogen (secondary N) is 1. The molecule has 0 aliphatic carbocycles. The second kappa shape index (κ2) is 5.69. The number of hydrogen-bond acceptors (Lipinski definition) is 5. The van der Waals surface area contributed by atoms with E-state index < -0.39 is 17.2 Å². The number of furan rings is 1. The monoisotopic (exact) mass is 350 g/mol. The van der Waals surface area contributed by atoms with Gasteiger partial charge in [-0.3, -0.25) is 18.7 Å². The van der Waals surface area contributed by atoms with Crippen LogP contribution in [0.15, 0.2) is 56.6 Å². The van der Waals surface area contributed by atoms with Crippen molar-refractivity contribution >= 4 is 33.6 Å². The van der Waals surface area contributed by atoms with Gasteiger partial charge in [0.15, 0.2) is 5.76 Å². The molecule has 0 atom stereocenters. The van der Waals surface area contributed by atoms with E-state index in [0.717, 1.165) is 9.95 Å². The van der Waals surface area contributed by atoms with E-state index in [1.807, 2.05) is 18.2 Å². The molecule has 0 aliphatic heterocycles. The molecular formula is C18H14N4O4. The van der Waals surface area contributed by atoms with Crippen LogP contribution in [0, 0.1) is 0 Å². The predicted molar refractivity (Wildman–Crippen MR) is 96.4 cm³/mol. The number of rotatable bonds is 2. The molecule has 1 aromatic carbocycles. The Morgan fingerprint density at radius 1 is 1.12 bits per heavy atom. The molecule has 3 aromatic heterocycles. The molecule has 0 spiro atoms. The normalized spacial score (nSPS) is 11.2. The number of carbonyl (C=O) groups excluding carboxylic acids is 1. The van der Waals surface area contributed by atoms with Crippen LogP contribution in [-0.4, -0.2) is 20.0 Å². The minimum atomic E-state index is -0.476. The van der Waals surface area contributed by atoms with Gasteiger partial charge >= 0.3 is 5.69 Å². The van der Waals surface area contributed by atoms with Gasteiger partial charge in [-0.05, 0) is 18.2 Å². The molecule has 130 valence electrons. The fourth-order valence-corrected chi connectivity index (χ4v) is 2.82. The highest BCUT2D eigenvalue weighted by Crippen LogP contribution is 2.20. The van der Waals surface area contributed by atoms with E-state index in [9.17, 15) is 14.4 Å². The maximum atomic E-state index is 12.4. The molecule has 8 heteroatoms. The number of pyridine rings is 1. The van der Waals surface area contributed by atoms with Gasteiger partial charge in [-0.2, -0.15) is 0 Å². The smallest absolute Gasteiger partial charge is 0.332 e. The van der Waals surface area contributed by atoms with Gasteiger partial charge in [0.05, 0.1) is 17.3 Å². The number of benzene rings is 1. The molecule has 8 nitrogen and oxygen atoms in total. The van der Waals surface area contributed by atoms with E-state index in [4.69, 9.17) is 4.42 Å². The molecule has 4 rings (SSSR count). The van der Waals surface area contributed by atoms with E-state index in [2.05, 4.69) is 10.3 Å². The van der Waals surface area contributed by atoms with E-state index in [1.54, 1.807) is 12.1 Å². The van der Waals surface area contributed by atoms with Crippen molar-refractivity contribution in [1.82, 2.24) is 14.1 Å². The van der Waals surface area contributed by atoms with Gasteiger partial charge in [-0.25, -0.2) is 9.78 Å². The number of aromatic nitrogens is 3. The van der Waals surface area contributed by atoms with E-state index in [1.165, 1.54) is 30.9 Å². The average Bonchev–Trinajstić information content (AvgIpc) is 3.09. The first-order valence-corrected chi connectivity index (χ1v) is 7.81. The molecule has 0 bridgehead atoms. The first-order valence-electron chi connectivity index (χ1n) is 7.81. The van der Waals surface area contributed by atoms with E-state index >= 15 is 0 Å². The Hall–Kier alpha value is -3.68. The third-order valence-electron chi connectivity index (χ3n) is 4.20. The fourth-order valence-electron chi connectivity index (χ4n) is 2.82. The lowest BCUT2D eigenvalue weighted by Crippen LogP contribution is -2.37. The summed E-state index contributed by atoms with van der Waals surface area (Å²) in [6.45, 7) is 0. The maximum absolute atomic E-state index is 12.4. The van der Waals surface area contributed by atoms with Crippen molar-refractivity contribution in [3.8, 4) is 0 Å². The third-order valence-corrected chi connectivity index (χ3v) is 4.20. The highest BCUT2D eigenvalue weighted by atomic mass is 16.3. The summed E-state index contributed by atoms with van der Waals surface area (Å²) in [6.07, 6.45) is 1.39. The quantitative estimate of drug-likeness (QED) is 0.592. The van der Waals surface area contributed by atoms with Gasteiger partial charge in [0.1, 0.15) is 11.2 Å². The van der Waals surface area contributed by atoms with Gasteiger partial charge in [0.25, 0.3) is 11.5 Å². The SMILES string of the molecule is Cn1c(=O)c2cc(NC(=O)c3cc4ccccc4o3)cnc2n(C)c1=O. The molecule has 3 heterocycles. The van der Waals surface area contributed by atoms with Crippen molar-refractivity contribution in [1.29, 1.82) is 0 Å². The summed E-state index contributed by atoms with van der Waals surface area (Å²) in [7, 11) is 2.92. The molecule has 0 fully saturated rings. The zero-order chi connectivity index (χ0) is 18.4. The van der Waals surface area contributed by atoms with Gasteiger partial charge in [-0.15, -0.1) is 0 Å². The molecule has 0 saturated carbocycles. The van der Waals surface area contributed by atoms with Crippen molar-refractivity contribution in [2.75, 3.05) is 5.32 Å². The Bertz CT molecular complexity index is 1260. The molecule has 26 heavy (non-hydrogen) atoms. The number of anilines is 1. The van der Waals surface area contributed by atoms with Crippen LogP contribution in [0.3, 0.4) is 0 Å². The Morgan fingerprint density at radius 2 is 1.88 bits per heavy atom. The highest BCUT2D eigenvalue weighted by molar-refractivity contribution is 6.05. The number of amides is 1. The van der Waals surface area contributed by atoms with Crippen molar-refractivity contribution in [2.24, 2.45) is 14.1 Å². The van der Waals surface area contributed by atoms with Gasteiger partial charge in [0.2, 0.25) is 0 Å². The average molecular weight is 350 g/mol. The van der Waals surface area contributed by atoms with Crippen LogP contribution < -0.4 is 16.6 Å². The fraction of sp³-hybridized carbons (Fsp3) is 0.111. The molecule has 1 N–H and O–H groups in total. The van der Waals surface area contributed by atoms with Crippen LogP contribution in [0.5, 0.6) is 0 Å². The summed E-state index contributed by atoms with van der Waals surface area (Å²) in [5, 5.41) is 3.71. The minimum Gasteiger partial charge on any atom is -0.451 e. The van der Waals surface area contributed by atoms with Crippen molar-refractivity contribution in [2.45, 2.75) is 0 Å². The van der Waals surface area contributed by atoms with E-state index in [0.29, 0.717) is 11.3 Å². The number of nitrogens with zero attached hydrogens (tertiary/aromatic N) is 3. The molecular weight excluding hydrogens is 336 g/mol. The molecule has 0 radical (unpaired) electrons. The number of para-hydroxylation sites is 1. The number of aryl methyl sites for hydroxylation is 1. The summed E-state index contributed by atoms with van der Waals surface area (Å²) in [6, 6.07) is 10.4. The van der Waals surface area contributed by atoms with Crippen LogP contribution in [0.4, 0.5) is 5.69 Å². The lowest BCUT2D eigenvalue weighted by molar-refractivity contribution is 0.0998. The number of carbonyl (C=O) groups is 1. The first kappa shape index (κ1) is 15.8. The summed E-state index contributed by atoms with van der Waals surface area (Å²) < 4.78 is 7.80. The van der Waals surface area contributed by atoms with E-state index in [-0.39, 0.29) is 16.8 Å². The summed E-state index contributed by atoms with van der Waals surface area (Å²) >= 11 is 0. The second-order valence-corrected chi connectivity index (χ2v) is 5.90. The van der Waals surface area contributed by atoms with Crippen molar-refractivity contribution < 1.29 is 9.21 Å². The summed E-state index contributed by atoms with van der Waals surface area (Å²) in [5.41, 5.74) is 0.251. The predicted octanol–water partition coefficient (Wildman–Crippen LogP) is 1.63. The molecule has 4 aromatic rings. The van der Waals surface area contributed by atoms with Crippen LogP contribution in [-0.2, 0) is 14.1 Å². The Kier molecular flexibility index (Phi) is 3.47. The molecule has 0 saturated heterocycles. The highest BCUT2D eigenvalue weighted by Gasteiger charge is 2.15. The minimum absolute atomic E-state index is 0.152. The van der Waals surface area contributed by atoms with Crippen molar-refractivity contribution in [3.63, 3.8) is 0 Å². The lowest BCUT2D eigenvalue weighted by Gasteiger charge is -2.08. The largest absolute Gasteiger partial charge is 0.451 e. The zero-order valence-corrected chi connectivity index (χ0v) is 14.0. The standard InChI is InChI=1S/C18H14N4O4/c1-21-15-12(17(24)22(2)18(21)25)8-11(9-19-15)20-16(23)14-7-10-5-3-4-6-13(10)26-14/h3-9H,1-2H3,(H,20,23). The Balaban J connectivity index is 1.74. The molecule has 1 amide bonds. The molecule has 0 unspecified atom stereocenters. The second-order valence-electron chi connectivity index (χ2n) is 5.90. The maximum Gasteiger partial charge on any atom is 0.332 e. The summed E-state index contributed by atoms with van der Waals surface area (Å²) in [4.78, 5) is 40.8. The van der Waals surface area contributed by atoms with Crippen LogP contribution in [0.1, 0.15) is 10.6 Å².